The predicted molar refractivity (Wildman–Crippen MR) is 72.9 cm³/mol. The van der Waals surface area contributed by atoms with Crippen molar-refractivity contribution in [1.29, 1.82) is 0 Å². The molecule has 0 saturated heterocycles. The van der Waals surface area contributed by atoms with Crippen molar-refractivity contribution in [3.05, 3.63) is 29.3 Å². The average Bonchev–Trinajstić information content (AvgIpc) is 2.63. The molecule has 1 aromatic heterocycles. The summed E-state index contributed by atoms with van der Waals surface area (Å²) in [6.07, 6.45) is 0.951. The van der Waals surface area contributed by atoms with Crippen LogP contribution in [0.15, 0.2) is 24.3 Å². The van der Waals surface area contributed by atoms with E-state index >= 15 is 0 Å². The zero-order chi connectivity index (χ0) is 12.5. The van der Waals surface area contributed by atoms with Gasteiger partial charge in [-0.25, -0.2) is 0 Å². The van der Waals surface area contributed by atoms with Crippen molar-refractivity contribution in [3.63, 3.8) is 0 Å². The van der Waals surface area contributed by atoms with E-state index in [1.54, 1.807) is 11.3 Å². The number of hydrogen-bond donors (Lipinski definition) is 1. The topological polar surface area (TPSA) is 51.8 Å². The fourth-order valence-corrected chi connectivity index (χ4v) is 2.70. The number of rotatable bonds is 2. The smallest absolute Gasteiger partial charge is 0.147 e. The van der Waals surface area contributed by atoms with Crippen molar-refractivity contribution in [2.75, 3.05) is 5.73 Å². The highest BCUT2D eigenvalue weighted by atomic mass is 32.1. The first kappa shape index (κ1) is 12.0. The average molecular weight is 247 g/mol. The zero-order valence-corrected chi connectivity index (χ0v) is 11.2. The van der Waals surface area contributed by atoms with Crippen molar-refractivity contribution in [3.8, 4) is 10.6 Å². The molecule has 0 radical (unpaired) electrons. The molecule has 0 fully saturated rings. The van der Waals surface area contributed by atoms with Gasteiger partial charge >= 0.3 is 0 Å². The van der Waals surface area contributed by atoms with Gasteiger partial charge in [0.05, 0.1) is 0 Å². The molecule has 3 nitrogen and oxygen atoms in total. The summed E-state index contributed by atoms with van der Waals surface area (Å²) in [6, 6.07) is 7.76. The van der Waals surface area contributed by atoms with E-state index in [2.05, 4.69) is 31.0 Å². The fraction of sp³-hybridized carbons (Fsp3) is 0.385. The Morgan fingerprint density at radius 1 is 1.24 bits per heavy atom. The van der Waals surface area contributed by atoms with E-state index in [0.717, 1.165) is 27.7 Å². The Balaban J connectivity index is 2.24. The Morgan fingerprint density at radius 3 is 2.65 bits per heavy atom. The van der Waals surface area contributed by atoms with Crippen LogP contribution in [0, 0.1) is 5.41 Å². The van der Waals surface area contributed by atoms with Gasteiger partial charge in [0.1, 0.15) is 10.0 Å². The molecule has 0 bridgehead atoms. The summed E-state index contributed by atoms with van der Waals surface area (Å²) in [4.78, 5) is 0. The van der Waals surface area contributed by atoms with Gasteiger partial charge in [-0.2, -0.15) is 0 Å². The summed E-state index contributed by atoms with van der Waals surface area (Å²) in [5.41, 5.74) is 7.81. The van der Waals surface area contributed by atoms with Crippen molar-refractivity contribution in [1.82, 2.24) is 10.2 Å². The van der Waals surface area contributed by atoms with Gasteiger partial charge in [-0.1, -0.05) is 44.2 Å². The third-order valence-corrected chi connectivity index (χ3v) is 3.25. The van der Waals surface area contributed by atoms with Crippen molar-refractivity contribution in [2.24, 2.45) is 5.41 Å². The van der Waals surface area contributed by atoms with Gasteiger partial charge in [0.2, 0.25) is 0 Å². The first-order valence-electron chi connectivity index (χ1n) is 5.62. The SMILES string of the molecule is CC(C)(C)Cc1nnc(-c2cccc(N)c2)s1. The molecule has 2 aromatic rings. The van der Waals surface area contributed by atoms with Crippen LogP contribution in [-0.2, 0) is 6.42 Å². The van der Waals surface area contributed by atoms with E-state index in [1.165, 1.54) is 0 Å². The maximum atomic E-state index is 5.76. The lowest BCUT2D eigenvalue weighted by molar-refractivity contribution is 0.409. The Morgan fingerprint density at radius 2 is 2.00 bits per heavy atom. The van der Waals surface area contributed by atoms with Crippen LogP contribution in [0.1, 0.15) is 25.8 Å². The highest BCUT2D eigenvalue weighted by Gasteiger charge is 2.15. The maximum Gasteiger partial charge on any atom is 0.147 e. The van der Waals surface area contributed by atoms with Gasteiger partial charge in [0.25, 0.3) is 0 Å². The number of nitrogens with two attached hydrogens (primary N) is 1. The standard InChI is InChI=1S/C13H17N3S/c1-13(2,3)8-11-15-16-12(17-11)9-5-4-6-10(14)7-9/h4-7H,8,14H2,1-3H3. The molecule has 0 unspecified atom stereocenters. The van der Waals surface area contributed by atoms with Crippen molar-refractivity contribution >= 4 is 17.0 Å². The van der Waals surface area contributed by atoms with Crippen LogP contribution in [-0.4, -0.2) is 10.2 Å². The molecule has 0 aliphatic heterocycles. The molecular formula is C13H17N3S. The molecule has 17 heavy (non-hydrogen) atoms. The van der Waals surface area contributed by atoms with E-state index in [4.69, 9.17) is 5.73 Å². The summed E-state index contributed by atoms with van der Waals surface area (Å²) in [5.74, 6) is 0. The van der Waals surface area contributed by atoms with Gasteiger partial charge in [0, 0.05) is 17.7 Å². The van der Waals surface area contributed by atoms with Crippen LogP contribution in [0.3, 0.4) is 0 Å². The first-order valence-corrected chi connectivity index (χ1v) is 6.44. The number of anilines is 1. The highest BCUT2D eigenvalue weighted by Crippen LogP contribution is 2.28. The monoisotopic (exact) mass is 247 g/mol. The lowest BCUT2D eigenvalue weighted by atomic mass is 9.93. The van der Waals surface area contributed by atoms with E-state index in [-0.39, 0.29) is 5.41 Å². The Kier molecular flexibility index (Phi) is 3.15. The molecule has 0 saturated carbocycles. The summed E-state index contributed by atoms with van der Waals surface area (Å²) in [7, 11) is 0. The minimum Gasteiger partial charge on any atom is -0.399 e. The van der Waals surface area contributed by atoms with E-state index < -0.39 is 0 Å². The molecular weight excluding hydrogens is 230 g/mol. The largest absolute Gasteiger partial charge is 0.399 e. The molecule has 0 aliphatic rings. The molecule has 0 spiro atoms. The van der Waals surface area contributed by atoms with Crippen LogP contribution >= 0.6 is 11.3 Å². The molecule has 1 heterocycles. The number of aromatic nitrogens is 2. The van der Waals surface area contributed by atoms with Crippen LogP contribution in [0.5, 0.6) is 0 Å². The summed E-state index contributed by atoms with van der Waals surface area (Å²) in [6.45, 7) is 6.61. The maximum absolute atomic E-state index is 5.76. The fourth-order valence-electron chi connectivity index (χ4n) is 1.57. The Hall–Kier alpha value is -1.42. The second kappa shape index (κ2) is 4.45. The van der Waals surface area contributed by atoms with Gasteiger partial charge in [-0.15, -0.1) is 10.2 Å². The lowest BCUT2D eigenvalue weighted by Crippen LogP contribution is -2.08. The third kappa shape index (κ3) is 3.27. The van der Waals surface area contributed by atoms with E-state index in [0.29, 0.717) is 0 Å². The Bertz CT molecular complexity index is 511. The van der Waals surface area contributed by atoms with Crippen molar-refractivity contribution in [2.45, 2.75) is 27.2 Å². The number of benzene rings is 1. The summed E-state index contributed by atoms with van der Waals surface area (Å²) < 4.78 is 0. The quantitative estimate of drug-likeness (QED) is 0.828. The molecule has 2 N–H and O–H groups in total. The second-order valence-electron chi connectivity index (χ2n) is 5.36. The molecule has 0 atom stereocenters. The number of nitrogen functional groups attached to an aromatic ring is 1. The third-order valence-electron chi connectivity index (χ3n) is 2.28. The van der Waals surface area contributed by atoms with Crippen molar-refractivity contribution < 1.29 is 0 Å². The zero-order valence-electron chi connectivity index (χ0n) is 10.4. The molecule has 90 valence electrons. The summed E-state index contributed by atoms with van der Waals surface area (Å²) in [5, 5.41) is 10.5. The Labute approximate surface area is 106 Å². The minimum absolute atomic E-state index is 0.243. The van der Waals surface area contributed by atoms with Gasteiger partial charge in [-0.05, 0) is 17.5 Å². The molecule has 0 aliphatic carbocycles. The molecule has 4 heteroatoms. The van der Waals surface area contributed by atoms with Crippen LogP contribution in [0.2, 0.25) is 0 Å². The second-order valence-corrected chi connectivity index (χ2v) is 6.43. The van der Waals surface area contributed by atoms with E-state index in [9.17, 15) is 0 Å². The summed E-state index contributed by atoms with van der Waals surface area (Å²) >= 11 is 1.64. The molecule has 1 aromatic carbocycles. The van der Waals surface area contributed by atoms with Crippen LogP contribution < -0.4 is 5.73 Å². The predicted octanol–water partition coefficient (Wildman–Crippen LogP) is 3.38. The highest BCUT2D eigenvalue weighted by molar-refractivity contribution is 7.14. The minimum atomic E-state index is 0.243. The molecule has 0 amide bonds. The number of nitrogens with zero attached hydrogens (tertiary/aromatic N) is 2. The molecule has 2 rings (SSSR count). The van der Waals surface area contributed by atoms with Gasteiger partial charge in [0.15, 0.2) is 0 Å². The van der Waals surface area contributed by atoms with Crippen LogP contribution in [0.25, 0.3) is 10.6 Å². The van der Waals surface area contributed by atoms with E-state index in [1.807, 2.05) is 24.3 Å². The van der Waals surface area contributed by atoms with Gasteiger partial charge in [-0.3, -0.25) is 0 Å². The normalized spacial score (nSPS) is 11.7. The van der Waals surface area contributed by atoms with Crippen LogP contribution in [0.4, 0.5) is 5.69 Å². The lowest BCUT2D eigenvalue weighted by Gasteiger charge is -2.14. The number of hydrogen-bond acceptors (Lipinski definition) is 4. The van der Waals surface area contributed by atoms with Gasteiger partial charge < -0.3 is 5.73 Å². The first-order chi connectivity index (χ1) is 7.94.